The largest absolute Gasteiger partial charge is 0.386 e. The van der Waals surface area contributed by atoms with Gasteiger partial charge in [-0.2, -0.15) is 0 Å². The van der Waals surface area contributed by atoms with Gasteiger partial charge in [-0.3, -0.25) is 15.2 Å². The van der Waals surface area contributed by atoms with Gasteiger partial charge in [0.1, 0.15) is 5.84 Å². The fourth-order valence-corrected chi connectivity index (χ4v) is 2.73. The fourth-order valence-electron chi connectivity index (χ4n) is 2.73. The van der Waals surface area contributed by atoms with Crippen molar-refractivity contribution in [1.29, 1.82) is 5.41 Å². The topological polar surface area (TPSA) is 56.4 Å². The maximum Gasteiger partial charge on any atom is 0.108 e. The van der Waals surface area contributed by atoms with Crippen LogP contribution in [0.2, 0.25) is 0 Å². The lowest BCUT2D eigenvalue weighted by molar-refractivity contribution is 0.0428. The third-order valence-corrected chi connectivity index (χ3v) is 3.87. The molecule has 2 atom stereocenters. The molecule has 2 unspecified atom stereocenters. The summed E-state index contributed by atoms with van der Waals surface area (Å²) in [5.41, 5.74) is 5.56. The number of fused-ring (bicyclic) bond motifs is 1. The molecule has 0 aromatic rings. The van der Waals surface area contributed by atoms with Gasteiger partial charge in [0.15, 0.2) is 0 Å². The molecule has 0 aromatic carbocycles. The highest BCUT2D eigenvalue weighted by Gasteiger charge is 2.31. The fraction of sp³-hybridized carbons (Fsp3) is 0.909. The Hall–Kier alpha value is -0.610. The molecule has 0 spiro atoms. The molecule has 3 N–H and O–H groups in total. The molecule has 2 aliphatic rings. The summed E-state index contributed by atoms with van der Waals surface area (Å²) in [6.45, 7) is 6.63. The summed E-state index contributed by atoms with van der Waals surface area (Å²) >= 11 is 0. The van der Waals surface area contributed by atoms with Crippen LogP contribution in [0, 0.1) is 5.41 Å². The molecule has 2 fully saturated rings. The second kappa shape index (κ2) is 4.49. The predicted octanol–water partition coefficient (Wildman–Crippen LogP) is 0.481. The van der Waals surface area contributed by atoms with Gasteiger partial charge in [-0.1, -0.05) is 6.42 Å². The van der Waals surface area contributed by atoms with E-state index in [1.807, 2.05) is 6.92 Å². The highest BCUT2D eigenvalue weighted by Crippen LogP contribution is 2.21. The Bertz CT molecular complexity index is 241. The number of hydrogen-bond acceptors (Lipinski definition) is 3. The number of nitrogens with two attached hydrogens (primary N) is 1. The summed E-state index contributed by atoms with van der Waals surface area (Å²) in [5, 5.41) is 7.49. The van der Waals surface area contributed by atoms with Crippen LogP contribution in [0.3, 0.4) is 0 Å². The monoisotopic (exact) mass is 210 g/mol. The van der Waals surface area contributed by atoms with Crippen LogP contribution >= 0.6 is 0 Å². The molecule has 0 aromatic heterocycles. The van der Waals surface area contributed by atoms with Gasteiger partial charge in [0.05, 0.1) is 6.04 Å². The molecule has 4 heteroatoms. The van der Waals surface area contributed by atoms with Gasteiger partial charge in [-0.05, 0) is 26.3 Å². The molecular weight excluding hydrogens is 188 g/mol. The van der Waals surface area contributed by atoms with Crippen molar-refractivity contribution in [2.75, 3.05) is 26.2 Å². The van der Waals surface area contributed by atoms with E-state index in [0.29, 0.717) is 11.9 Å². The second-order valence-electron chi connectivity index (χ2n) is 4.81. The van der Waals surface area contributed by atoms with Crippen molar-refractivity contribution < 1.29 is 0 Å². The van der Waals surface area contributed by atoms with Gasteiger partial charge in [0.2, 0.25) is 0 Å². The maximum atomic E-state index is 7.49. The zero-order valence-corrected chi connectivity index (χ0v) is 9.58. The second-order valence-corrected chi connectivity index (χ2v) is 4.81. The van der Waals surface area contributed by atoms with E-state index in [2.05, 4.69) is 9.80 Å². The molecule has 2 saturated heterocycles. The minimum absolute atomic E-state index is 0.120. The summed E-state index contributed by atoms with van der Waals surface area (Å²) in [5.74, 6) is 0.305. The number of rotatable bonds is 2. The van der Waals surface area contributed by atoms with E-state index in [9.17, 15) is 0 Å². The van der Waals surface area contributed by atoms with Crippen LogP contribution < -0.4 is 5.73 Å². The van der Waals surface area contributed by atoms with Gasteiger partial charge in [0.25, 0.3) is 0 Å². The number of nitrogens with one attached hydrogen (secondary N) is 1. The number of piperidine rings is 1. The quantitative estimate of drug-likeness (QED) is 0.515. The average Bonchev–Trinajstić information content (AvgIpc) is 2.27. The van der Waals surface area contributed by atoms with Crippen molar-refractivity contribution in [1.82, 2.24) is 9.80 Å². The van der Waals surface area contributed by atoms with E-state index >= 15 is 0 Å². The summed E-state index contributed by atoms with van der Waals surface area (Å²) in [6, 6.07) is 0.836. The Morgan fingerprint density at radius 2 is 2.13 bits per heavy atom. The molecule has 2 rings (SSSR count). The van der Waals surface area contributed by atoms with Gasteiger partial charge in [0, 0.05) is 25.7 Å². The number of hydrogen-bond donors (Lipinski definition) is 2. The lowest BCUT2D eigenvalue weighted by Crippen LogP contribution is -2.58. The molecule has 2 aliphatic heterocycles. The van der Waals surface area contributed by atoms with Crippen LogP contribution in [0.4, 0.5) is 0 Å². The lowest BCUT2D eigenvalue weighted by atomic mass is 9.98. The molecule has 86 valence electrons. The first-order valence-electron chi connectivity index (χ1n) is 6.00. The molecule has 0 saturated carbocycles. The minimum Gasteiger partial charge on any atom is -0.386 e. The molecule has 0 amide bonds. The lowest BCUT2D eigenvalue weighted by Gasteiger charge is -2.45. The van der Waals surface area contributed by atoms with Gasteiger partial charge in [-0.25, -0.2) is 0 Å². The molecule has 0 radical (unpaired) electrons. The Kier molecular flexibility index (Phi) is 3.26. The Morgan fingerprint density at radius 1 is 1.33 bits per heavy atom. The SMILES string of the molecule is CC(C(=N)N)N1CCN2CCCCC2C1. The number of piperazine rings is 1. The minimum atomic E-state index is 0.120. The summed E-state index contributed by atoms with van der Waals surface area (Å²) in [7, 11) is 0. The van der Waals surface area contributed by atoms with Crippen molar-refractivity contribution in [2.24, 2.45) is 5.73 Å². The van der Waals surface area contributed by atoms with Crippen LogP contribution in [-0.2, 0) is 0 Å². The summed E-state index contributed by atoms with van der Waals surface area (Å²) in [4.78, 5) is 4.96. The van der Waals surface area contributed by atoms with Crippen LogP contribution in [-0.4, -0.2) is 53.9 Å². The third kappa shape index (κ3) is 2.32. The van der Waals surface area contributed by atoms with Gasteiger partial charge in [-0.15, -0.1) is 0 Å². The Balaban J connectivity index is 1.93. The molecule has 0 aliphatic carbocycles. The normalized spacial score (nSPS) is 30.9. The van der Waals surface area contributed by atoms with Crippen LogP contribution in [0.5, 0.6) is 0 Å². The van der Waals surface area contributed by atoms with E-state index in [-0.39, 0.29) is 6.04 Å². The van der Waals surface area contributed by atoms with E-state index in [1.165, 1.54) is 25.8 Å². The first kappa shape index (κ1) is 10.9. The third-order valence-electron chi connectivity index (χ3n) is 3.87. The summed E-state index contributed by atoms with van der Waals surface area (Å²) in [6.07, 6.45) is 4.04. The van der Waals surface area contributed by atoms with E-state index < -0.39 is 0 Å². The predicted molar refractivity (Wildman–Crippen MR) is 62.2 cm³/mol. The van der Waals surface area contributed by atoms with Crippen molar-refractivity contribution in [3.8, 4) is 0 Å². The first-order chi connectivity index (χ1) is 7.18. The van der Waals surface area contributed by atoms with Crippen molar-refractivity contribution in [2.45, 2.75) is 38.3 Å². The standard InChI is InChI=1S/C11H22N4/c1-9(11(12)13)15-7-6-14-5-3-2-4-10(14)8-15/h9-10H,2-8H2,1H3,(H3,12,13). The summed E-state index contributed by atoms with van der Waals surface area (Å²) < 4.78 is 0. The van der Waals surface area contributed by atoms with Crippen LogP contribution in [0.15, 0.2) is 0 Å². The van der Waals surface area contributed by atoms with Crippen molar-refractivity contribution >= 4 is 5.84 Å². The molecule has 4 nitrogen and oxygen atoms in total. The zero-order chi connectivity index (χ0) is 10.8. The zero-order valence-electron chi connectivity index (χ0n) is 9.58. The van der Waals surface area contributed by atoms with Gasteiger partial charge < -0.3 is 5.73 Å². The maximum absolute atomic E-state index is 7.49. The van der Waals surface area contributed by atoms with E-state index in [4.69, 9.17) is 11.1 Å². The highest BCUT2D eigenvalue weighted by atomic mass is 15.3. The highest BCUT2D eigenvalue weighted by molar-refractivity contribution is 5.82. The molecule has 0 bridgehead atoms. The number of amidine groups is 1. The average molecular weight is 210 g/mol. The van der Waals surface area contributed by atoms with Crippen LogP contribution in [0.1, 0.15) is 26.2 Å². The molecule has 2 heterocycles. The first-order valence-corrected chi connectivity index (χ1v) is 6.00. The Morgan fingerprint density at radius 3 is 2.87 bits per heavy atom. The van der Waals surface area contributed by atoms with Crippen LogP contribution in [0.25, 0.3) is 0 Å². The molecular formula is C11H22N4. The molecule has 15 heavy (non-hydrogen) atoms. The number of nitrogens with zero attached hydrogens (tertiary/aromatic N) is 2. The van der Waals surface area contributed by atoms with Gasteiger partial charge >= 0.3 is 0 Å². The smallest absolute Gasteiger partial charge is 0.108 e. The van der Waals surface area contributed by atoms with E-state index in [0.717, 1.165) is 19.6 Å². The van der Waals surface area contributed by atoms with E-state index in [1.54, 1.807) is 0 Å². The van der Waals surface area contributed by atoms with Crippen molar-refractivity contribution in [3.05, 3.63) is 0 Å². The Labute approximate surface area is 91.9 Å². The van der Waals surface area contributed by atoms with Crippen molar-refractivity contribution in [3.63, 3.8) is 0 Å².